The van der Waals surface area contributed by atoms with E-state index >= 15 is 0 Å². The van der Waals surface area contributed by atoms with E-state index < -0.39 is 0 Å². The average molecular weight is 233 g/mol. The number of carbonyl (C=O) groups excluding carboxylic acids is 1. The lowest BCUT2D eigenvalue weighted by molar-refractivity contribution is -0.162. The van der Waals surface area contributed by atoms with Gasteiger partial charge < -0.3 is 4.74 Å². The van der Waals surface area contributed by atoms with Crippen LogP contribution in [-0.2, 0) is 9.63 Å². The molecule has 2 rings (SSSR count). The topological polar surface area (TPSA) is 38.8 Å². The Balaban J connectivity index is 2.06. The van der Waals surface area contributed by atoms with Crippen molar-refractivity contribution in [1.29, 1.82) is 0 Å². The van der Waals surface area contributed by atoms with Crippen molar-refractivity contribution >= 4 is 12.0 Å². The van der Waals surface area contributed by atoms with Crippen molar-refractivity contribution in [2.24, 2.45) is 0 Å². The largest absolute Gasteiger partial charge is 0.496 e. The van der Waals surface area contributed by atoms with E-state index in [1.165, 1.54) is 11.1 Å². The van der Waals surface area contributed by atoms with Crippen molar-refractivity contribution in [2.75, 3.05) is 20.3 Å². The number of hydrogen-bond donors (Lipinski definition) is 0. The molecule has 0 aliphatic carbocycles. The highest BCUT2D eigenvalue weighted by Gasteiger charge is 2.16. The molecule has 0 unspecified atom stereocenters. The smallest absolute Gasteiger partial charge is 0.270 e. The maximum atomic E-state index is 11.7. The predicted octanol–water partition coefficient (Wildman–Crippen LogP) is 1.87. The van der Waals surface area contributed by atoms with E-state index in [4.69, 9.17) is 9.57 Å². The Bertz CT molecular complexity index is 422. The molecule has 0 atom stereocenters. The second-order valence-corrected chi connectivity index (χ2v) is 3.70. The minimum absolute atomic E-state index is 0.131. The van der Waals surface area contributed by atoms with Gasteiger partial charge in [0, 0.05) is 11.6 Å². The molecule has 90 valence electrons. The Hall–Kier alpha value is -1.81. The number of ether oxygens (including phenoxy) is 1. The average Bonchev–Trinajstić information content (AvgIpc) is 2.90. The van der Waals surface area contributed by atoms with Crippen molar-refractivity contribution < 1.29 is 14.4 Å². The lowest BCUT2D eigenvalue weighted by Gasteiger charge is -2.10. The molecule has 1 saturated heterocycles. The summed E-state index contributed by atoms with van der Waals surface area (Å²) in [6, 6.07) is 7.55. The molecule has 0 aromatic heterocycles. The number of para-hydroxylation sites is 1. The summed E-state index contributed by atoms with van der Waals surface area (Å²) in [6.07, 6.45) is 4.14. The van der Waals surface area contributed by atoms with Crippen molar-refractivity contribution in [3.63, 3.8) is 0 Å². The van der Waals surface area contributed by atoms with Crippen molar-refractivity contribution in [3.8, 4) is 5.75 Å². The van der Waals surface area contributed by atoms with Crippen LogP contribution in [-0.4, -0.2) is 31.2 Å². The molecule has 0 radical (unpaired) electrons. The third-order valence-electron chi connectivity index (χ3n) is 2.54. The Morgan fingerprint density at radius 1 is 1.47 bits per heavy atom. The molecule has 1 aliphatic heterocycles. The standard InChI is InChI=1S/C13H15NO3/c1-16-12-6-3-2-5-11(12)7-8-13(15)14-9-4-10-17-14/h2-3,5-8H,4,9-10H2,1H3/b8-7+. The highest BCUT2D eigenvalue weighted by atomic mass is 16.7. The molecule has 0 N–H and O–H groups in total. The zero-order valence-corrected chi connectivity index (χ0v) is 9.76. The number of nitrogens with zero attached hydrogens (tertiary/aromatic N) is 1. The summed E-state index contributed by atoms with van der Waals surface area (Å²) in [4.78, 5) is 16.9. The summed E-state index contributed by atoms with van der Waals surface area (Å²) < 4.78 is 5.20. The van der Waals surface area contributed by atoms with E-state index in [1.807, 2.05) is 24.3 Å². The van der Waals surface area contributed by atoms with E-state index in [0.717, 1.165) is 17.7 Å². The summed E-state index contributed by atoms with van der Waals surface area (Å²) >= 11 is 0. The van der Waals surface area contributed by atoms with Crippen LogP contribution in [0.15, 0.2) is 30.3 Å². The van der Waals surface area contributed by atoms with Gasteiger partial charge in [-0.25, -0.2) is 5.06 Å². The molecule has 1 fully saturated rings. The Kier molecular flexibility index (Phi) is 3.77. The zero-order valence-electron chi connectivity index (χ0n) is 9.76. The summed E-state index contributed by atoms with van der Waals surface area (Å²) in [7, 11) is 1.61. The molecular weight excluding hydrogens is 218 g/mol. The maximum Gasteiger partial charge on any atom is 0.270 e. The van der Waals surface area contributed by atoms with Crippen molar-refractivity contribution in [3.05, 3.63) is 35.9 Å². The van der Waals surface area contributed by atoms with Crippen LogP contribution in [0.1, 0.15) is 12.0 Å². The van der Waals surface area contributed by atoms with Gasteiger partial charge in [-0.1, -0.05) is 18.2 Å². The summed E-state index contributed by atoms with van der Waals surface area (Å²) in [6.45, 7) is 1.28. The van der Waals surface area contributed by atoms with Gasteiger partial charge in [0.05, 0.1) is 20.3 Å². The van der Waals surface area contributed by atoms with Gasteiger partial charge in [-0.15, -0.1) is 0 Å². The second kappa shape index (κ2) is 5.50. The first-order chi connectivity index (χ1) is 8.31. The van der Waals surface area contributed by atoms with E-state index in [1.54, 1.807) is 13.2 Å². The van der Waals surface area contributed by atoms with E-state index in [0.29, 0.717) is 13.2 Å². The minimum Gasteiger partial charge on any atom is -0.496 e. The summed E-state index contributed by atoms with van der Waals surface area (Å²) in [5, 5.41) is 1.38. The van der Waals surface area contributed by atoms with Gasteiger partial charge >= 0.3 is 0 Å². The molecule has 1 heterocycles. The van der Waals surface area contributed by atoms with E-state index in [9.17, 15) is 4.79 Å². The predicted molar refractivity (Wildman–Crippen MR) is 64.3 cm³/mol. The molecule has 1 aromatic carbocycles. The van der Waals surface area contributed by atoms with Gasteiger partial charge in [0.2, 0.25) is 0 Å². The van der Waals surface area contributed by atoms with Gasteiger partial charge in [-0.2, -0.15) is 0 Å². The normalized spacial score (nSPS) is 15.5. The number of amides is 1. The molecule has 17 heavy (non-hydrogen) atoms. The summed E-state index contributed by atoms with van der Waals surface area (Å²) in [5.74, 6) is 0.618. The molecule has 1 aromatic rings. The van der Waals surface area contributed by atoms with Crippen molar-refractivity contribution in [1.82, 2.24) is 5.06 Å². The van der Waals surface area contributed by atoms with Crippen LogP contribution in [0.3, 0.4) is 0 Å². The monoisotopic (exact) mass is 233 g/mol. The maximum absolute atomic E-state index is 11.7. The quantitative estimate of drug-likeness (QED) is 0.748. The summed E-state index contributed by atoms with van der Waals surface area (Å²) in [5.41, 5.74) is 0.877. The third-order valence-corrected chi connectivity index (χ3v) is 2.54. The number of benzene rings is 1. The van der Waals surface area contributed by atoms with Crippen LogP contribution < -0.4 is 4.74 Å². The molecular formula is C13H15NO3. The highest BCUT2D eigenvalue weighted by Crippen LogP contribution is 2.18. The number of carbonyl (C=O) groups is 1. The molecule has 0 saturated carbocycles. The molecule has 0 bridgehead atoms. The molecule has 1 aliphatic rings. The first-order valence-corrected chi connectivity index (χ1v) is 5.57. The van der Waals surface area contributed by atoms with Crippen LogP contribution in [0.5, 0.6) is 5.75 Å². The lowest BCUT2D eigenvalue weighted by Crippen LogP contribution is -2.24. The molecule has 4 heteroatoms. The van der Waals surface area contributed by atoms with Crippen LogP contribution >= 0.6 is 0 Å². The Morgan fingerprint density at radius 2 is 2.29 bits per heavy atom. The molecule has 0 spiro atoms. The van der Waals surface area contributed by atoms with Crippen LogP contribution in [0, 0.1) is 0 Å². The highest BCUT2D eigenvalue weighted by molar-refractivity contribution is 5.91. The van der Waals surface area contributed by atoms with Gasteiger partial charge in [0.15, 0.2) is 0 Å². The van der Waals surface area contributed by atoms with E-state index in [2.05, 4.69) is 0 Å². The van der Waals surface area contributed by atoms with Gasteiger partial charge in [-0.3, -0.25) is 9.63 Å². The Morgan fingerprint density at radius 3 is 3.00 bits per heavy atom. The SMILES string of the molecule is COc1ccccc1/C=C/C(=O)N1CCCO1. The first kappa shape index (κ1) is 11.7. The van der Waals surface area contributed by atoms with Crippen LogP contribution in [0.2, 0.25) is 0 Å². The molecule has 4 nitrogen and oxygen atoms in total. The van der Waals surface area contributed by atoms with Crippen LogP contribution in [0.4, 0.5) is 0 Å². The number of rotatable bonds is 3. The fourth-order valence-electron chi connectivity index (χ4n) is 1.67. The number of hydroxylamine groups is 2. The second-order valence-electron chi connectivity index (χ2n) is 3.70. The number of hydrogen-bond acceptors (Lipinski definition) is 3. The van der Waals surface area contributed by atoms with Gasteiger partial charge in [0.25, 0.3) is 5.91 Å². The van der Waals surface area contributed by atoms with E-state index in [-0.39, 0.29) is 5.91 Å². The number of methoxy groups -OCH3 is 1. The minimum atomic E-state index is -0.131. The fraction of sp³-hybridized carbons (Fsp3) is 0.308. The third kappa shape index (κ3) is 2.85. The molecule has 1 amide bonds. The van der Waals surface area contributed by atoms with Gasteiger partial charge in [0.1, 0.15) is 5.75 Å². The first-order valence-electron chi connectivity index (χ1n) is 5.57. The van der Waals surface area contributed by atoms with Crippen LogP contribution in [0.25, 0.3) is 6.08 Å². The fourth-order valence-corrected chi connectivity index (χ4v) is 1.67. The lowest BCUT2D eigenvalue weighted by atomic mass is 10.2. The van der Waals surface area contributed by atoms with Crippen molar-refractivity contribution in [2.45, 2.75) is 6.42 Å². The zero-order chi connectivity index (χ0) is 12.1. The Labute approximate surface area is 100 Å². The van der Waals surface area contributed by atoms with Gasteiger partial charge in [-0.05, 0) is 18.6 Å².